The molecule has 0 fully saturated rings. The first-order valence-electron chi connectivity index (χ1n) is 9.54. The maximum Gasteiger partial charge on any atom is 0.151 e. The predicted molar refractivity (Wildman–Crippen MR) is 108 cm³/mol. The summed E-state index contributed by atoms with van der Waals surface area (Å²) in [6.07, 6.45) is 4.47. The Hall–Kier alpha value is -3.05. The molecule has 1 aliphatic rings. The lowest BCUT2D eigenvalue weighted by atomic mass is 9.98. The number of hydrogen-bond acceptors (Lipinski definition) is 3. The second-order valence-electron chi connectivity index (χ2n) is 7.33. The summed E-state index contributed by atoms with van der Waals surface area (Å²) in [6.45, 7) is 2.75. The van der Waals surface area contributed by atoms with Gasteiger partial charge in [0.25, 0.3) is 0 Å². The molecule has 2 aromatic heterocycles. The number of halogens is 1. The SMILES string of the molecule is Cn1c(CCN2Cc3cccc(-c4ccncc4)c3C2)nc2c(F)cccc21. The molecule has 0 aliphatic carbocycles. The molecular formula is C23H21FN4. The summed E-state index contributed by atoms with van der Waals surface area (Å²) in [5.41, 5.74) is 6.58. The van der Waals surface area contributed by atoms with Gasteiger partial charge in [0.2, 0.25) is 0 Å². The third-order valence-corrected chi connectivity index (χ3v) is 5.65. The Morgan fingerprint density at radius 3 is 2.64 bits per heavy atom. The monoisotopic (exact) mass is 372 g/mol. The van der Waals surface area contributed by atoms with Crippen LogP contribution in [0.5, 0.6) is 0 Å². The first-order chi connectivity index (χ1) is 13.7. The van der Waals surface area contributed by atoms with Gasteiger partial charge in [0.15, 0.2) is 5.82 Å². The smallest absolute Gasteiger partial charge is 0.151 e. The van der Waals surface area contributed by atoms with E-state index in [0.29, 0.717) is 5.52 Å². The van der Waals surface area contributed by atoms with Crippen molar-refractivity contribution in [2.24, 2.45) is 7.05 Å². The standard InChI is InChI=1S/C23H21FN4/c1-27-21-7-3-6-20(24)23(21)26-22(27)10-13-28-14-17-4-2-5-18(19(17)15-28)16-8-11-25-12-9-16/h2-9,11-12H,10,13-15H2,1H3. The quantitative estimate of drug-likeness (QED) is 0.535. The summed E-state index contributed by atoms with van der Waals surface area (Å²) in [5, 5.41) is 0. The summed E-state index contributed by atoms with van der Waals surface area (Å²) < 4.78 is 16.0. The van der Waals surface area contributed by atoms with Crippen LogP contribution in [-0.4, -0.2) is 26.0 Å². The highest BCUT2D eigenvalue weighted by atomic mass is 19.1. The van der Waals surface area contributed by atoms with Crippen molar-refractivity contribution in [1.82, 2.24) is 19.4 Å². The lowest BCUT2D eigenvalue weighted by Crippen LogP contribution is -2.20. The highest BCUT2D eigenvalue weighted by Gasteiger charge is 2.22. The molecule has 3 heterocycles. The van der Waals surface area contributed by atoms with Crippen LogP contribution in [0, 0.1) is 5.82 Å². The lowest BCUT2D eigenvalue weighted by Gasteiger charge is -2.14. The number of rotatable bonds is 4. The zero-order valence-electron chi connectivity index (χ0n) is 15.8. The zero-order valence-corrected chi connectivity index (χ0v) is 15.8. The van der Waals surface area contributed by atoms with Crippen LogP contribution >= 0.6 is 0 Å². The van der Waals surface area contributed by atoms with Crippen LogP contribution in [-0.2, 0) is 26.6 Å². The van der Waals surface area contributed by atoms with Gasteiger partial charge in [-0.1, -0.05) is 24.3 Å². The highest BCUT2D eigenvalue weighted by molar-refractivity contribution is 5.76. The summed E-state index contributed by atoms with van der Waals surface area (Å²) in [7, 11) is 1.96. The van der Waals surface area contributed by atoms with E-state index in [2.05, 4.69) is 45.2 Å². The van der Waals surface area contributed by atoms with E-state index in [4.69, 9.17) is 0 Å². The Labute approximate surface area is 163 Å². The number of benzene rings is 2. The van der Waals surface area contributed by atoms with Gasteiger partial charge in [0.1, 0.15) is 11.3 Å². The largest absolute Gasteiger partial charge is 0.331 e. The molecule has 0 amide bonds. The first kappa shape index (κ1) is 17.1. The maximum absolute atomic E-state index is 14.0. The van der Waals surface area contributed by atoms with E-state index in [0.717, 1.165) is 37.4 Å². The normalized spacial score (nSPS) is 13.9. The molecule has 0 saturated heterocycles. The molecule has 5 heteroatoms. The van der Waals surface area contributed by atoms with Crippen LogP contribution in [0.2, 0.25) is 0 Å². The van der Waals surface area contributed by atoms with Crippen molar-refractivity contribution in [3.63, 3.8) is 0 Å². The van der Waals surface area contributed by atoms with Gasteiger partial charge in [0, 0.05) is 45.5 Å². The van der Waals surface area contributed by atoms with Gasteiger partial charge in [-0.3, -0.25) is 9.88 Å². The molecule has 0 N–H and O–H groups in total. The number of aromatic nitrogens is 3. The number of pyridine rings is 1. The molecule has 140 valence electrons. The molecule has 0 bridgehead atoms. The van der Waals surface area contributed by atoms with Crippen LogP contribution in [0.25, 0.3) is 22.2 Å². The van der Waals surface area contributed by atoms with Gasteiger partial charge < -0.3 is 4.57 Å². The molecule has 0 atom stereocenters. The fourth-order valence-corrected chi connectivity index (χ4v) is 4.16. The maximum atomic E-state index is 14.0. The number of para-hydroxylation sites is 1. The molecule has 28 heavy (non-hydrogen) atoms. The molecule has 0 unspecified atom stereocenters. The lowest BCUT2D eigenvalue weighted by molar-refractivity contribution is 0.285. The van der Waals surface area contributed by atoms with E-state index < -0.39 is 0 Å². The van der Waals surface area contributed by atoms with Crippen molar-refractivity contribution in [3.05, 3.63) is 83.7 Å². The Morgan fingerprint density at radius 1 is 1.00 bits per heavy atom. The molecule has 0 saturated carbocycles. The number of fused-ring (bicyclic) bond motifs is 2. The molecule has 0 spiro atoms. The molecule has 1 aliphatic heterocycles. The van der Waals surface area contributed by atoms with Crippen molar-refractivity contribution in [2.45, 2.75) is 19.5 Å². The van der Waals surface area contributed by atoms with E-state index in [1.54, 1.807) is 6.07 Å². The molecule has 5 rings (SSSR count). The number of hydrogen-bond donors (Lipinski definition) is 0. The van der Waals surface area contributed by atoms with E-state index in [1.807, 2.05) is 30.1 Å². The zero-order chi connectivity index (χ0) is 19.1. The van der Waals surface area contributed by atoms with Crippen LogP contribution in [0.1, 0.15) is 17.0 Å². The Bertz CT molecular complexity index is 1150. The van der Waals surface area contributed by atoms with Gasteiger partial charge in [0.05, 0.1) is 5.52 Å². The summed E-state index contributed by atoms with van der Waals surface area (Å²) in [4.78, 5) is 11.1. The van der Waals surface area contributed by atoms with Crippen molar-refractivity contribution in [3.8, 4) is 11.1 Å². The molecule has 4 nitrogen and oxygen atoms in total. The van der Waals surface area contributed by atoms with Crippen LogP contribution in [0.3, 0.4) is 0 Å². The van der Waals surface area contributed by atoms with Crippen molar-refractivity contribution in [1.29, 1.82) is 0 Å². The Balaban J connectivity index is 1.36. The third-order valence-electron chi connectivity index (χ3n) is 5.65. The fraction of sp³-hybridized carbons (Fsp3) is 0.217. The minimum atomic E-state index is -0.255. The van der Waals surface area contributed by atoms with Crippen LogP contribution < -0.4 is 0 Å². The summed E-state index contributed by atoms with van der Waals surface area (Å²) >= 11 is 0. The van der Waals surface area contributed by atoms with Gasteiger partial charge in [-0.25, -0.2) is 9.37 Å². The van der Waals surface area contributed by atoms with E-state index >= 15 is 0 Å². The van der Waals surface area contributed by atoms with Crippen LogP contribution in [0.15, 0.2) is 60.9 Å². The van der Waals surface area contributed by atoms with Crippen molar-refractivity contribution >= 4 is 11.0 Å². The molecule has 4 aromatic rings. The molecule has 0 radical (unpaired) electrons. The minimum Gasteiger partial charge on any atom is -0.331 e. The van der Waals surface area contributed by atoms with Gasteiger partial charge >= 0.3 is 0 Å². The Morgan fingerprint density at radius 2 is 1.82 bits per heavy atom. The van der Waals surface area contributed by atoms with E-state index in [-0.39, 0.29) is 5.82 Å². The third kappa shape index (κ3) is 2.88. The topological polar surface area (TPSA) is 34.0 Å². The average Bonchev–Trinajstić information content (AvgIpc) is 3.29. The van der Waals surface area contributed by atoms with E-state index in [1.165, 1.54) is 28.3 Å². The summed E-state index contributed by atoms with van der Waals surface area (Å²) in [6, 6.07) is 15.8. The summed E-state index contributed by atoms with van der Waals surface area (Å²) in [5.74, 6) is 0.667. The average molecular weight is 372 g/mol. The molecule has 2 aromatic carbocycles. The first-order valence-corrected chi connectivity index (χ1v) is 9.54. The highest BCUT2D eigenvalue weighted by Crippen LogP contribution is 2.32. The second kappa shape index (κ2) is 6.84. The second-order valence-corrected chi connectivity index (χ2v) is 7.33. The van der Waals surface area contributed by atoms with Crippen molar-refractivity contribution < 1.29 is 4.39 Å². The minimum absolute atomic E-state index is 0.255. The van der Waals surface area contributed by atoms with E-state index in [9.17, 15) is 4.39 Å². The predicted octanol–water partition coefficient (Wildman–Crippen LogP) is 4.33. The van der Waals surface area contributed by atoms with Gasteiger partial charge in [-0.15, -0.1) is 0 Å². The molecular weight excluding hydrogens is 351 g/mol. The van der Waals surface area contributed by atoms with Gasteiger partial charge in [-0.05, 0) is 46.5 Å². The number of aryl methyl sites for hydroxylation is 1. The Kier molecular flexibility index (Phi) is 4.17. The van der Waals surface area contributed by atoms with Gasteiger partial charge in [-0.2, -0.15) is 0 Å². The number of nitrogens with zero attached hydrogens (tertiary/aromatic N) is 4. The number of imidazole rings is 1. The van der Waals surface area contributed by atoms with Crippen molar-refractivity contribution in [2.75, 3.05) is 6.54 Å². The van der Waals surface area contributed by atoms with Crippen LogP contribution in [0.4, 0.5) is 4.39 Å². The fourth-order valence-electron chi connectivity index (χ4n) is 4.16.